The highest BCUT2D eigenvalue weighted by Gasteiger charge is 2.39. The zero-order valence-corrected chi connectivity index (χ0v) is 17.9. The van der Waals surface area contributed by atoms with Crippen LogP contribution in [0, 0.1) is 0 Å². The molecule has 1 fully saturated rings. The molecule has 2 aromatic heterocycles. The predicted octanol–water partition coefficient (Wildman–Crippen LogP) is 3.90. The Kier molecular flexibility index (Phi) is 6.25. The molecule has 0 amide bonds. The molecule has 7 nitrogen and oxygen atoms in total. The Labute approximate surface area is 182 Å². The van der Waals surface area contributed by atoms with Gasteiger partial charge < -0.3 is 9.47 Å². The summed E-state index contributed by atoms with van der Waals surface area (Å²) in [5, 5.41) is 3.31. The largest absolute Gasteiger partial charge is 0.573 e. The molecule has 0 radical (unpaired) electrons. The first-order valence-corrected chi connectivity index (χ1v) is 10.6. The van der Waals surface area contributed by atoms with Crippen molar-refractivity contribution in [2.24, 2.45) is 0 Å². The smallest absolute Gasteiger partial charge is 0.406 e. The highest BCUT2D eigenvalue weighted by molar-refractivity contribution is 5.79. The summed E-state index contributed by atoms with van der Waals surface area (Å²) in [7, 11) is 0. The number of benzene rings is 1. The summed E-state index contributed by atoms with van der Waals surface area (Å²) >= 11 is 0. The molecular formula is C22H25F3N4O3. The van der Waals surface area contributed by atoms with Gasteiger partial charge in [0.1, 0.15) is 18.1 Å². The molecule has 4 rings (SSSR count). The van der Waals surface area contributed by atoms with Crippen LogP contribution in [-0.4, -0.2) is 39.4 Å². The molecule has 1 aliphatic heterocycles. The maximum Gasteiger partial charge on any atom is 0.573 e. The van der Waals surface area contributed by atoms with Crippen LogP contribution in [0.15, 0.2) is 41.3 Å². The van der Waals surface area contributed by atoms with Crippen LogP contribution >= 0.6 is 0 Å². The highest BCUT2D eigenvalue weighted by atomic mass is 19.4. The van der Waals surface area contributed by atoms with Crippen molar-refractivity contribution in [1.29, 1.82) is 0 Å². The van der Waals surface area contributed by atoms with Gasteiger partial charge in [-0.2, -0.15) is 0 Å². The highest BCUT2D eigenvalue weighted by Crippen LogP contribution is 2.29. The molecule has 0 spiro atoms. The summed E-state index contributed by atoms with van der Waals surface area (Å²) in [5.74, 6) is -0.312. The van der Waals surface area contributed by atoms with E-state index in [1.807, 2.05) is 6.92 Å². The fourth-order valence-electron chi connectivity index (χ4n) is 3.76. The van der Waals surface area contributed by atoms with Gasteiger partial charge >= 0.3 is 12.1 Å². The van der Waals surface area contributed by atoms with E-state index in [-0.39, 0.29) is 23.8 Å². The summed E-state index contributed by atoms with van der Waals surface area (Å²) in [5.41, 5.74) is 2.05. The molecular weight excluding hydrogens is 425 g/mol. The molecule has 10 heteroatoms. The van der Waals surface area contributed by atoms with Gasteiger partial charge in [-0.3, -0.25) is 14.5 Å². The van der Waals surface area contributed by atoms with E-state index in [0.29, 0.717) is 35.4 Å². The topological polar surface area (TPSA) is 73.6 Å². The lowest BCUT2D eigenvalue weighted by Crippen LogP contribution is -2.28. The van der Waals surface area contributed by atoms with E-state index < -0.39 is 6.36 Å². The SMILES string of the molecule is CCCCNC1OC1Cn1c(=O)n(CC)c2cc(-c3cccc(OC(F)(F)F)c3)cnc21. The number of epoxide rings is 1. The summed E-state index contributed by atoms with van der Waals surface area (Å²) < 4.78 is 50.5. The zero-order chi connectivity index (χ0) is 22.9. The van der Waals surface area contributed by atoms with E-state index in [0.717, 1.165) is 19.4 Å². The Hall–Kier alpha value is -2.85. The molecule has 0 bridgehead atoms. The van der Waals surface area contributed by atoms with E-state index in [1.54, 1.807) is 27.5 Å². The molecule has 0 saturated carbocycles. The van der Waals surface area contributed by atoms with Gasteiger partial charge in [-0.15, -0.1) is 13.2 Å². The van der Waals surface area contributed by atoms with Gasteiger partial charge in [-0.25, -0.2) is 9.78 Å². The monoisotopic (exact) mass is 450 g/mol. The number of aromatic nitrogens is 3. The fourth-order valence-corrected chi connectivity index (χ4v) is 3.76. The van der Waals surface area contributed by atoms with Gasteiger partial charge in [0.2, 0.25) is 0 Å². The normalized spacial score (nSPS) is 18.3. The van der Waals surface area contributed by atoms with Crippen LogP contribution in [0.1, 0.15) is 26.7 Å². The molecule has 2 atom stereocenters. The third-order valence-electron chi connectivity index (χ3n) is 5.39. The average Bonchev–Trinajstić information content (AvgIpc) is 3.43. The number of fused-ring (bicyclic) bond motifs is 1. The van der Waals surface area contributed by atoms with Gasteiger partial charge in [0.15, 0.2) is 5.65 Å². The number of hydrogen-bond donors (Lipinski definition) is 1. The number of unbranched alkanes of at least 4 members (excludes halogenated alkanes) is 1. The minimum Gasteiger partial charge on any atom is -0.406 e. The Morgan fingerprint density at radius 3 is 2.72 bits per heavy atom. The second-order valence-corrected chi connectivity index (χ2v) is 7.68. The number of pyridine rings is 1. The van der Waals surface area contributed by atoms with Crippen molar-refractivity contribution in [2.75, 3.05) is 6.54 Å². The van der Waals surface area contributed by atoms with Crippen LogP contribution in [0.2, 0.25) is 0 Å². The number of rotatable bonds is 9. The van der Waals surface area contributed by atoms with E-state index >= 15 is 0 Å². The van der Waals surface area contributed by atoms with Crippen LogP contribution in [0.4, 0.5) is 13.2 Å². The van der Waals surface area contributed by atoms with Crippen LogP contribution in [0.25, 0.3) is 22.3 Å². The van der Waals surface area contributed by atoms with Gasteiger partial charge in [-0.05, 0) is 43.7 Å². The van der Waals surface area contributed by atoms with E-state index in [4.69, 9.17) is 4.74 Å². The predicted molar refractivity (Wildman–Crippen MR) is 113 cm³/mol. The maximum absolute atomic E-state index is 13.0. The molecule has 3 heterocycles. The first-order chi connectivity index (χ1) is 15.3. The maximum atomic E-state index is 13.0. The Bertz CT molecular complexity index is 1160. The molecule has 1 N–H and O–H groups in total. The number of imidazole rings is 1. The lowest BCUT2D eigenvalue weighted by molar-refractivity contribution is -0.274. The number of nitrogens with zero attached hydrogens (tertiary/aromatic N) is 3. The van der Waals surface area contributed by atoms with E-state index in [2.05, 4.69) is 22.0 Å². The minimum absolute atomic E-state index is 0.0656. The van der Waals surface area contributed by atoms with Crippen molar-refractivity contribution in [3.63, 3.8) is 0 Å². The third kappa shape index (κ3) is 4.81. The van der Waals surface area contributed by atoms with Crippen molar-refractivity contribution in [3.8, 4) is 16.9 Å². The summed E-state index contributed by atoms with van der Waals surface area (Å²) in [6.07, 6.45) is -1.24. The molecule has 3 aromatic rings. The molecule has 1 aliphatic rings. The summed E-state index contributed by atoms with van der Waals surface area (Å²) in [6.45, 7) is 5.66. The number of alkyl halides is 3. The van der Waals surface area contributed by atoms with Crippen LogP contribution in [0.5, 0.6) is 5.75 Å². The van der Waals surface area contributed by atoms with Gasteiger partial charge in [-0.1, -0.05) is 25.5 Å². The van der Waals surface area contributed by atoms with Crippen molar-refractivity contribution in [2.45, 2.75) is 58.5 Å². The quantitative estimate of drug-likeness (QED) is 0.396. The van der Waals surface area contributed by atoms with Gasteiger partial charge in [0.25, 0.3) is 0 Å². The lowest BCUT2D eigenvalue weighted by atomic mass is 10.1. The van der Waals surface area contributed by atoms with Crippen molar-refractivity contribution in [1.82, 2.24) is 19.4 Å². The zero-order valence-electron chi connectivity index (χ0n) is 17.9. The first-order valence-electron chi connectivity index (χ1n) is 10.6. The third-order valence-corrected chi connectivity index (χ3v) is 5.39. The van der Waals surface area contributed by atoms with Gasteiger partial charge in [0, 0.05) is 18.3 Å². The lowest BCUT2D eigenvalue weighted by Gasteiger charge is -2.10. The average molecular weight is 450 g/mol. The van der Waals surface area contributed by atoms with E-state index in [1.165, 1.54) is 18.2 Å². The van der Waals surface area contributed by atoms with Crippen LogP contribution in [0.3, 0.4) is 0 Å². The number of hydrogen-bond acceptors (Lipinski definition) is 5. The van der Waals surface area contributed by atoms with Crippen molar-refractivity contribution >= 4 is 11.2 Å². The summed E-state index contributed by atoms with van der Waals surface area (Å²) in [4.78, 5) is 17.4. The van der Waals surface area contributed by atoms with Crippen LogP contribution in [-0.2, 0) is 17.8 Å². The van der Waals surface area contributed by atoms with Gasteiger partial charge in [0.05, 0.1) is 12.1 Å². The Balaban J connectivity index is 1.61. The second-order valence-electron chi connectivity index (χ2n) is 7.68. The molecule has 1 aromatic carbocycles. The minimum atomic E-state index is -4.77. The van der Waals surface area contributed by atoms with Crippen LogP contribution < -0.4 is 15.7 Å². The second kappa shape index (κ2) is 8.95. The number of halogens is 3. The Morgan fingerprint density at radius 1 is 1.19 bits per heavy atom. The number of nitrogens with one attached hydrogen (secondary N) is 1. The van der Waals surface area contributed by atoms with Crippen molar-refractivity contribution in [3.05, 3.63) is 47.0 Å². The fraction of sp³-hybridized carbons (Fsp3) is 0.455. The molecule has 32 heavy (non-hydrogen) atoms. The molecule has 172 valence electrons. The Morgan fingerprint density at radius 2 is 2.00 bits per heavy atom. The number of ether oxygens (including phenoxy) is 2. The molecule has 2 unspecified atom stereocenters. The standard InChI is InChI=1S/C22H25F3N4O3/c1-3-5-9-26-20-18(31-20)13-29-19-17(28(4-2)21(29)30)11-15(12-27-19)14-7-6-8-16(10-14)32-22(23,24)25/h6-8,10-12,18,20,26H,3-5,9,13H2,1-2H3. The summed E-state index contributed by atoms with van der Waals surface area (Å²) in [6, 6.07) is 7.45. The first kappa shape index (κ1) is 22.3. The van der Waals surface area contributed by atoms with E-state index in [9.17, 15) is 18.0 Å². The van der Waals surface area contributed by atoms with Crippen molar-refractivity contribution < 1.29 is 22.6 Å². The number of aryl methyl sites for hydroxylation is 1. The molecule has 0 aliphatic carbocycles. The molecule has 1 saturated heterocycles.